The second kappa shape index (κ2) is 18.1. The van der Waals surface area contributed by atoms with Crippen LogP contribution in [-0.4, -0.2) is 9.97 Å². The maximum absolute atomic E-state index is 6.78. The summed E-state index contributed by atoms with van der Waals surface area (Å²) in [5.74, 6) is 1.18. The first-order valence-electron chi connectivity index (χ1n) is 23.6. The van der Waals surface area contributed by atoms with E-state index >= 15 is 0 Å². The van der Waals surface area contributed by atoms with E-state index in [4.69, 9.17) is 14.7 Å². The molecule has 0 atom stereocenters. The molecule has 2 aromatic heterocycles. The fourth-order valence-electron chi connectivity index (χ4n) is 9.42. The third-order valence-electron chi connectivity index (χ3n) is 13.3. The van der Waals surface area contributed by atoms with Gasteiger partial charge in [-0.1, -0.05) is 162 Å². The molecule has 0 saturated heterocycles. The largest absolute Gasteiger partial charge is 2.00 e. The Kier molecular flexibility index (Phi) is 12.9. The van der Waals surface area contributed by atoms with E-state index in [1.54, 1.807) is 0 Å². The van der Waals surface area contributed by atoms with E-state index < -0.39 is 5.41 Å². The van der Waals surface area contributed by atoms with Gasteiger partial charge in [0.2, 0.25) is 0 Å². The maximum Gasteiger partial charge on any atom is 2.00 e. The second-order valence-electron chi connectivity index (χ2n) is 22.3. The third-order valence-corrected chi connectivity index (χ3v) is 13.3. The van der Waals surface area contributed by atoms with E-state index in [1.807, 2.05) is 42.7 Å². The van der Waals surface area contributed by atoms with Crippen LogP contribution < -0.4 is 9.64 Å². The molecule has 8 aromatic rings. The summed E-state index contributed by atoms with van der Waals surface area (Å²) in [5, 5.41) is 0. The molecule has 0 unspecified atom stereocenters. The summed E-state index contributed by atoms with van der Waals surface area (Å²) >= 11 is 0. The van der Waals surface area contributed by atoms with Crippen molar-refractivity contribution in [3.8, 4) is 33.9 Å². The van der Waals surface area contributed by atoms with E-state index in [0.717, 1.165) is 39.6 Å². The number of benzene rings is 6. The Morgan fingerprint density at radius 3 is 1.44 bits per heavy atom. The molecule has 6 aromatic carbocycles. The third kappa shape index (κ3) is 9.25. The van der Waals surface area contributed by atoms with Crippen molar-refractivity contribution in [1.29, 1.82) is 0 Å². The van der Waals surface area contributed by atoms with Crippen LogP contribution in [0, 0.1) is 12.1 Å². The van der Waals surface area contributed by atoms with E-state index in [1.165, 1.54) is 44.5 Å². The van der Waals surface area contributed by atoms with Gasteiger partial charge in [-0.15, -0.1) is 41.5 Å². The molecule has 9 rings (SSSR count). The molecule has 0 saturated carbocycles. The molecular formula is C63H63N3OPt. The van der Waals surface area contributed by atoms with Crippen LogP contribution in [-0.2, 0) is 48.1 Å². The summed E-state index contributed by atoms with van der Waals surface area (Å²) < 4.78 is 6.78. The standard InChI is InChI=1S/C63H63N3O.Pt/c1-59(2,3)43-22-28-48(29-23-43)66(49-30-24-44(25-31-49)60(4,5)6)50-34-36-64-57(41-50)42-17-15-19-51(37-42)67-52-20-16-18-47(38-52)63(58-21-13-14-35-65-58)55-39-45(61(7,8)9)26-32-53(55)54-33-27-46(40-56(54)63)62(10,11)12;/h13-36,39-41H,1-12H3;/q-2;+2. The molecule has 1 aliphatic carbocycles. The fourth-order valence-corrected chi connectivity index (χ4v) is 9.42. The molecule has 4 nitrogen and oxygen atoms in total. The number of ether oxygens (including phenoxy) is 1. The van der Waals surface area contributed by atoms with Crippen LogP contribution in [0.25, 0.3) is 22.4 Å². The second-order valence-corrected chi connectivity index (χ2v) is 22.3. The fraction of sp³-hybridized carbons (Fsp3) is 0.270. The van der Waals surface area contributed by atoms with E-state index in [2.05, 4.69) is 221 Å². The molecule has 0 spiro atoms. The van der Waals surface area contributed by atoms with Gasteiger partial charge in [-0.2, -0.15) is 12.1 Å². The quantitative estimate of drug-likeness (QED) is 0.142. The zero-order valence-corrected chi connectivity index (χ0v) is 43.9. The van der Waals surface area contributed by atoms with Crippen molar-refractivity contribution in [2.45, 2.75) is 110 Å². The van der Waals surface area contributed by atoms with Crippen LogP contribution in [0.4, 0.5) is 17.1 Å². The van der Waals surface area contributed by atoms with E-state index in [0.29, 0.717) is 11.5 Å². The summed E-state index contributed by atoms with van der Waals surface area (Å²) in [6.45, 7) is 27.2. The number of fused-ring (bicyclic) bond motifs is 3. The number of hydrogen-bond donors (Lipinski definition) is 0. The van der Waals surface area contributed by atoms with Crippen LogP contribution in [0.2, 0.25) is 0 Å². The predicted octanol–water partition coefficient (Wildman–Crippen LogP) is 16.6. The average Bonchev–Trinajstić information content (AvgIpc) is 3.59. The average molecular weight is 1070 g/mol. The Morgan fingerprint density at radius 2 is 0.941 bits per heavy atom. The van der Waals surface area contributed by atoms with Crippen LogP contribution >= 0.6 is 0 Å². The molecule has 0 N–H and O–H groups in total. The van der Waals surface area contributed by atoms with E-state index in [-0.39, 0.29) is 42.7 Å². The molecule has 0 bridgehead atoms. The molecule has 0 fully saturated rings. The van der Waals surface area contributed by atoms with Crippen molar-refractivity contribution in [3.05, 3.63) is 221 Å². The first kappa shape index (κ1) is 48.4. The predicted molar refractivity (Wildman–Crippen MR) is 278 cm³/mol. The SMILES string of the molecule is CC(C)(C)c1ccc(N(c2ccc(C(C)(C)C)cc2)c2ccnc(-c3[c-]c(Oc4[c-]c(C5(c6ccccn6)c6cc(C(C)(C)C)ccc6-c6ccc(C(C)(C)C)cc65)ccc4)ccc3)c2)cc1.[Pt+2]. The first-order chi connectivity index (χ1) is 31.7. The minimum Gasteiger partial charge on any atom is -0.503 e. The van der Waals surface area contributed by atoms with Crippen molar-refractivity contribution in [3.63, 3.8) is 0 Å². The Bertz CT molecular complexity index is 2950. The van der Waals surface area contributed by atoms with Gasteiger partial charge in [0, 0.05) is 41.0 Å². The molecule has 68 heavy (non-hydrogen) atoms. The number of nitrogens with zero attached hydrogens (tertiary/aromatic N) is 3. The molecule has 0 amide bonds. The van der Waals surface area contributed by atoms with Gasteiger partial charge in [-0.3, -0.25) is 4.98 Å². The zero-order chi connectivity index (χ0) is 47.5. The van der Waals surface area contributed by atoms with Crippen molar-refractivity contribution in [2.24, 2.45) is 0 Å². The van der Waals surface area contributed by atoms with Gasteiger partial charge in [0.15, 0.2) is 0 Å². The van der Waals surface area contributed by atoms with Gasteiger partial charge in [0.1, 0.15) is 0 Å². The zero-order valence-electron chi connectivity index (χ0n) is 41.7. The van der Waals surface area contributed by atoms with Crippen LogP contribution in [0.15, 0.2) is 164 Å². The van der Waals surface area contributed by atoms with Gasteiger partial charge in [-0.05, 0) is 114 Å². The Labute approximate surface area is 420 Å². The first-order valence-corrected chi connectivity index (χ1v) is 23.6. The molecule has 1 aliphatic rings. The molecular weight excluding hydrogens is 1010 g/mol. The van der Waals surface area contributed by atoms with Crippen molar-refractivity contribution in [1.82, 2.24) is 9.97 Å². The summed E-state index contributed by atoms with van der Waals surface area (Å²) in [6, 6.07) is 62.0. The van der Waals surface area contributed by atoms with Crippen molar-refractivity contribution in [2.75, 3.05) is 4.90 Å². The molecule has 0 radical (unpaired) electrons. The van der Waals surface area contributed by atoms with Gasteiger partial charge in [0.25, 0.3) is 0 Å². The van der Waals surface area contributed by atoms with Crippen molar-refractivity contribution >= 4 is 17.1 Å². The Balaban J connectivity index is 0.00000625. The maximum atomic E-state index is 6.78. The molecule has 0 aliphatic heterocycles. The van der Waals surface area contributed by atoms with Gasteiger partial charge in [0.05, 0.1) is 11.1 Å². The number of aromatic nitrogens is 2. The Morgan fingerprint density at radius 1 is 0.441 bits per heavy atom. The molecule has 2 heterocycles. The Hall–Kier alpha value is -6.09. The van der Waals surface area contributed by atoms with E-state index in [9.17, 15) is 0 Å². The van der Waals surface area contributed by atoms with Crippen LogP contribution in [0.5, 0.6) is 11.5 Å². The molecule has 5 heteroatoms. The van der Waals surface area contributed by atoms with Crippen molar-refractivity contribution < 1.29 is 25.8 Å². The minimum absolute atomic E-state index is 0. The van der Waals surface area contributed by atoms with Crippen LogP contribution in [0.1, 0.15) is 128 Å². The minimum atomic E-state index is -0.754. The summed E-state index contributed by atoms with van der Waals surface area (Å²) in [4.78, 5) is 12.4. The summed E-state index contributed by atoms with van der Waals surface area (Å²) in [5.41, 5.74) is 15.9. The monoisotopic (exact) mass is 1070 g/mol. The summed E-state index contributed by atoms with van der Waals surface area (Å²) in [6.07, 6.45) is 3.79. The topological polar surface area (TPSA) is 38.2 Å². The number of pyridine rings is 2. The van der Waals surface area contributed by atoms with Gasteiger partial charge in [-0.25, -0.2) is 0 Å². The number of rotatable bonds is 8. The van der Waals surface area contributed by atoms with Crippen LogP contribution in [0.3, 0.4) is 0 Å². The van der Waals surface area contributed by atoms with Gasteiger partial charge < -0.3 is 14.6 Å². The normalized spacial score (nSPS) is 13.3. The number of anilines is 3. The summed E-state index contributed by atoms with van der Waals surface area (Å²) in [7, 11) is 0. The van der Waals surface area contributed by atoms with Gasteiger partial charge >= 0.3 is 21.1 Å². The molecule has 346 valence electrons. The smallest absolute Gasteiger partial charge is 0.503 e. The number of hydrogen-bond acceptors (Lipinski definition) is 4.